The second-order valence-electron chi connectivity index (χ2n) is 7.06. The Morgan fingerprint density at radius 1 is 1.12 bits per heavy atom. The largest absolute Gasteiger partial charge is 0.451 e. The maximum Gasteiger partial charge on any atom is 0.289 e. The van der Waals surface area contributed by atoms with E-state index in [1.54, 1.807) is 30.3 Å². The molecule has 0 atom stereocenters. The maximum absolute atomic E-state index is 13.9. The molecule has 1 amide bonds. The van der Waals surface area contributed by atoms with Crippen LogP contribution in [0.15, 0.2) is 40.8 Å². The van der Waals surface area contributed by atoms with Crippen molar-refractivity contribution in [3.63, 3.8) is 0 Å². The number of benzene rings is 1. The van der Waals surface area contributed by atoms with Gasteiger partial charge in [-0.25, -0.2) is 4.39 Å². The van der Waals surface area contributed by atoms with Crippen molar-refractivity contribution in [2.45, 2.75) is 31.7 Å². The van der Waals surface area contributed by atoms with Gasteiger partial charge in [-0.2, -0.15) is 0 Å². The summed E-state index contributed by atoms with van der Waals surface area (Å²) in [5.41, 5.74) is 0.379. The van der Waals surface area contributed by atoms with Gasteiger partial charge >= 0.3 is 0 Å². The summed E-state index contributed by atoms with van der Waals surface area (Å²) >= 11 is 0. The summed E-state index contributed by atoms with van der Waals surface area (Å²) in [6, 6.07) is 10.2. The van der Waals surface area contributed by atoms with Crippen LogP contribution in [0.25, 0.3) is 11.3 Å². The molecule has 1 N–H and O–H groups in total. The van der Waals surface area contributed by atoms with Crippen molar-refractivity contribution < 1.29 is 13.6 Å². The van der Waals surface area contributed by atoms with Gasteiger partial charge in [0, 0.05) is 19.1 Å². The van der Waals surface area contributed by atoms with E-state index < -0.39 is 0 Å². The Morgan fingerprint density at radius 3 is 2.54 bits per heavy atom. The van der Waals surface area contributed by atoms with Gasteiger partial charge in [-0.3, -0.25) is 4.79 Å². The lowest BCUT2D eigenvalue weighted by Crippen LogP contribution is -2.45. The third-order valence-corrected chi connectivity index (χ3v) is 5.13. The van der Waals surface area contributed by atoms with E-state index in [4.69, 9.17) is 4.42 Å². The molecule has 1 aromatic heterocycles. The smallest absolute Gasteiger partial charge is 0.289 e. The van der Waals surface area contributed by atoms with Gasteiger partial charge in [-0.15, -0.1) is 12.4 Å². The molecular formula is C20H24ClFN2O2. The Hall–Kier alpha value is -1.85. The fraction of sp³-hybridized carbons (Fsp3) is 0.450. The molecule has 2 aromatic rings. The fourth-order valence-corrected chi connectivity index (χ4v) is 3.36. The Bertz CT molecular complexity index is 752. The van der Waals surface area contributed by atoms with Crippen LogP contribution in [0.2, 0.25) is 0 Å². The summed E-state index contributed by atoms with van der Waals surface area (Å²) in [5, 5.41) is 3.61. The number of halogens is 2. The Labute approximate surface area is 159 Å². The van der Waals surface area contributed by atoms with Gasteiger partial charge in [-0.1, -0.05) is 12.1 Å². The highest BCUT2D eigenvalue weighted by Crippen LogP contribution is 2.28. The maximum atomic E-state index is 13.9. The molecule has 6 heteroatoms. The van der Waals surface area contributed by atoms with E-state index in [1.165, 1.54) is 18.9 Å². The number of furan rings is 1. The molecule has 4 nitrogen and oxygen atoms in total. The van der Waals surface area contributed by atoms with E-state index in [-0.39, 0.29) is 29.9 Å². The van der Waals surface area contributed by atoms with Crippen LogP contribution < -0.4 is 5.32 Å². The molecule has 0 spiro atoms. The predicted octanol–water partition coefficient (Wildman–Crippen LogP) is 4.11. The summed E-state index contributed by atoms with van der Waals surface area (Å²) in [7, 11) is 0. The van der Waals surface area contributed by atoms with Crippen molar-refractivity contribution >= 4 is 18.3 Å². The molecule has 1 aliphatic heterocycles. The molecule has 1 aromatic carbocycles. The van der Waals surface area contributed by atoms with Gasteiger partial charge in [0.25, 0.3) is 5.91 Å². The van der Waals surface area contributed by atoms with E-state index in [9.17, 15) is 9.18 Å². The van der Waals surface area contributed by atoms with Crippen LogP contribution in [-0.4, -0.2) is 36.5 Å². The number of likely N-dealkylation sites (tertiary alicyclic amines) is 1. The van der Waals surface area contributed by atoms with Crippen LogP contribution in [0, 0.1) is 11.7 Å². The Morgan fingerprint density at radius 2 is 1.85 bits per heavy atom. The van der Waals surface area contributed by atoms with Gasteiger partial charge in [0.2, 0.25) is 0 Å². The topological polar surface area (TPSA) is 45.5 Å². The predicted molar refractivity (Wildman–Crippen MR) is 101 cm³/mol. The van der Waals surface area contributed by atoms with E-state index in [2.05, 4.69) is 5.32 Å². The number of hydrogen-bond donors (Lipinski definition) is 1. The van der Waals surface area contributed by atoms with Crippen LogP contribution in [0.1, 0.15) is 36.2 Å². The number of nitrogens with zero attached hydrogens (tertiary/aromatic N) is 1. The first-order valence-electron chi connectivity index (χ1n) is 9.08. The second-order valence-corrected chi connectivity index (χ2v) is 7.06. The molecule has 2 aliphatic rings. The summed E-state index contributed by atoms with van der Waals surface area (Å²) in [6.07, 6.45) is 4.65. The van der Waals surface area contributed by atoms with E-state index in [1.807, 2.05) is 4.90 Å². The molecule has 2 fully saturated rings. The molecule has 0 unspecified atom stereocenters. The molecule has 1 saturated carbocycles. The minimum absolute atomic E-state index is 0. The minimum Gasteiger partial charge on any atom is -0.451 e. The van der Waals surface area contributed by atoms with Gasteiger partial charge in [-0.05, 0) is 62.4 Å². The van der Waals surface area contributed by atoms with Crippen LogP contribution in [0.3, 0.4) is 0 Å². The molecule has 2 heterocycles. The molecule has 4 rings (SSSR count). The van der Waals surface area contributed by atoms with E-state index in [0.29, 0.717) is 17.4 Å². The molecular weight excluding hydrogens is 355 g/mol. The van der Waals surface area contributed by atoms with Crippen molar-refractivity contribution in [2.75, 3.05) is 19.6 Å². The number of carbonyl (C=O) groups is 1. The van der Waals surface area contributed by atoms with Crippen LogP contribution in [-0.2, 0) is 0 Å². The highest BCUT2D eigenvalue weighted by Gasteiger charge is 2.27. The number of amides is 1. The summed E-state index contributed by atoms with van der Waals surface area (Å²) < 4.78 is 19.5. The quantitative estimate of drug-likeness (QED) is 0.851. The third-order valence-electron chi connectivity index (χ3n) is 5.13. The third kappa shape index (κ3) is 4.27. The van der Waals surface area contributed by atoms with Gasteiger partial charge < -0.3 is 14.6 Å². The molecule has 0 bridgehead atoms. The van der Waals surface area contributed by atoms with Crippen molar-refractivity contribution in [3.05, 3.63) is 48.0 Å². The number of carbonyl (C=O) groups excluding carboxylic acids is 1. The highest BCUT2D eigenvalue weighted by atomic mass is 35.5. The highest BCUT2D eigenvalue weighted by molar-refractivity contribution is 5.92. The lowest BCUT2D eigenvalue weighted by Gasteiger charge is -2.32. The van der Waals surface area contributed by atoms with Crippen molar-refractivity contribution in [3.8, 4) is 11.3 Å². The van der Waals surface area contributed by atoms with Gasteiger partial charge in [0.05, 0.1) is 5.56 Å². The van der Waals surface area contributed by atoms with Gasteiger partial charge in [0.15, 0.2) is 5.76 Å². The first-order chi connectivity index (χ1) is 12.2. The summed E-state index contributed by atoms with van der Waals surface area (Å²) in [4.78, 5) is 14.5. The van der Waals surface area contributed by atoms with Crippen molar-refractivity contribution in [1.82, 2.24) is 10.2 Å². The Kier molecular flexibility index (Phi) is 5.99. The first kappa shape index (κ1) is 18.9. The zero-order valence-corrected chi connectivity index (χ0v) is 15.4. The number of piperidine rings is 1. The van der Waals surface area contributed by atoms with Crippen molar-refractivity contribution in [2.24, 2.45) is 5.92 Å². The average Bonchev–Trinajstić information content (AvgIpc) is 3.35. The fourth-order valence-electron chi connectivity index (χ4n) is 3.36. The number of nitrogens with one attached hydrogen (secondary N) is 1. The lowest BCUT2D eigenvalue weighted by atomic mass is 10.0. The van der Waals surface area contributed by atoms with E-state index in [0.717, 1.165) is 38.4 Å². The van der Waals surface area contributed by atoms with Crippen molar-refractivity contribution in [1.29, 1.82) is 0 Å². The molecule has 0 radical (unpaired) electrons. The number of hydrogen-bond acceptors (Lipinski definition) is 3. The molecule has 26 heavy (non-hydrogen) atoms. The average molecular weight is 379 g/mol. The zero-order chi connectivity index (χ0) is 17.2. The zero-order valence-electron chi connectivity index (χ0n) is 14.6. The van der Waals surface area contributed by atoms with Crippen LogP contribution in [0.5, 0.6) is 0 Å². The van der Waals surface area contributed by atoms with E-state index >= 15 is 0 Å². The lowest BCUT2D eigenvalue weighted by molar-refractivity contribution is 0.0673. The normalized spacial score (nSPS) is 17.8. The monoisotopic (exact) mass is 378 g/mol. The van der Waals surface area contributed by atoms with Crippen LogP contribution in [0.4, 0.5) is 4.39 Å². The Balaban J connectivity index is 0.00000196. The van der Waals surface area contributed by atoms with Gasteiger partial charge in [0.1, 0.15) is 11.6 Å². The van der Waals surface area contributed by atoms with Crippen LogP contribution >= 0.6 is 12.4 Å². The molecule has 1 aliphatic carbocycles. The summed E-state index contributed by atoms with van der Waals surface area (Å²) in [6.45, 7) is 2.58. The standard InChI is InChI=1S/C20H23FN2O2.ClH/c21-17-4-2-1-3-16(17)18-7-8-19(25-18)20(24)23-11-9-15(10-12-23)22-13-14-5-6-14;/h1-4,7-8,14-15,22H,5-6,9-13H2;1H. The molecule has 140 valence electrons. The second kappa shape index (κ2) is 8.23. The SMILES string of the molecule is Cl.O=C(c1ccc(-c2ccccc2F)o1)N1CCC(NCC2CC2)CC1. The first-order valence-corrected chi connectivity index (χ1v) is 9.08. The number of rotatable bonds is 5. The summed E-state index contributed by atoms with van der Waals surface area (Å²) in [5.74, 6) is 1.09. The minimum atomic E-state index is -0.349. The molecule has 1 saturated heterocycles.